The third-order valence-corrected chi connectivity index (χ3v) is 3.81. The van der Waals surface area contributed by atoms with Crippen molar-refractivity contribution in [1.82, 2.24) is 9.03 Å². The van der Waals surface area contributed by atoms with Crippen LogP contribution in [-0.2, 0) is 21.5 Å². The van der Waals surface area contributed by atoms with Crippen molar-refractivity contribution >= 4 is 16.2 Å². The van der Waals surface area contributed by atoms with Gasteiger partial charge in [0.2, 0.25) is 0 Å². The largest absolute Gasteiger partial charge is 0.497 e. The van der Waals surface area contributed by atoms with E-state index in [9.17, 15) is 13.2 Å². The van der Waals surface area contributed by atoms with E-state index < -0.39 is 22.7 Å². The van der Waals surface area contributed by atoms with Crippen molar-refractivity contribution in [3.63, 3.8) is 0 Å². The van der Waals surface area contributed by atoms with Crippen LogP contribution in [-0.4, -0.2) is 44.5 Å². The molecule has 0 atom stereocenters. The molecule has 0 spiro atoms. The predicted octanol–water partition coefficient (Wildman–Crippen LogP) is 0.0460. The van der Waals surface area contributed by atoms with Crippen LogP contribution in [0, 0.1) is 0 Å². The first-order chi connectivity index (χ1) is 8.85. The number of carbonyl (C=O) groups is 1. The number of ether oxygens (including phenoxy) is 1. The number of benzene rings is 1. The zero-order chi connectivity index (χ0) is 14.5. The molecule has 1 rings (SSSR count). The monoisotopic (exact) mass is 288 g/mol. The number of methoxy groups -OCH3 is 1. The van der Waals surface area contributed by atoms with Gasteiger partial charge in [-0.05, 0) is 17.7 Å². The smallest absolute Gasteiger partial charge is 0.318 e. The minimum atomic E-state index is -3.81. The van der Waals surface area contributed by atoms with E-state index in [1.165, 1.54) is 14.2 Å². The normalized spacial score (nSPS) is 11.5. The molecule has 0 fully saturated rings. The van der Waals surface area contributed by atoms with Crippen LogP contribution in [0.4, 0.5) is 0 Å². The molecule has 0 heterocycles. The Labute approximate surface area is 112 Å². The molecule has 2 N–H and O–H groups in total. The highest BCUT2D eigenvalue weighted by molar-refractivity contribution is 7.87. The van der Waals surface area contributed by atoms with Crippen molar-refractivity contribution in [2.45, 2.75) is 6.54 Å². The maximum absolute atomic E-state index is 11.7. The van der Waals surface area contributed by atoms with E-state index in [2.05, 4.69) is 0 Å². The van der Waals surface area contributed by atoms with E-state index in [-0.39, 0.29) is 6.54 Å². The van der Waals surface area contributed by atoms with Gasteiger partial charge in [-0.25, -0.2) is 0 Å². The van der Waals surface area contributed by atoms with Crippen molar-refractivity contribution in [2.75, 3.05) is 20.7 Å². The Bertz CT molecular complexity index is 544. The SMILES string of the molecule is COc1cccc(CN(C)S(=O)(=O)NCC(=O)O)c1. The summed E-state index contributed by atoms with van der Waals surface area (Å²) >= 11 is 0. The van der Waals surface area contributed by atoms with Gasteiger partial charge in [-0.3, -0.25) is 4.79 Å². The minimum Gasteiger partial charge on any atom is -0.497 e. The van der Waals surface area contributed by atoms with Gasteiger partial charge >= 0.3 is 5.97 Å². The summed E-state index contributed by atoms with van der Waals surface area (Å²) in [5, 5.41) is 8.45. The lowest BCUT2D eigenvalue weighted by molar-refractivity contribution is -0.135. The van der Waals surface area contributed by atoms with Gasteiger partial charge in [-0.1, -0.05) is 12.1 Å². The molecule has 0 bridgehead atoms. The van der Waals surface area contributed by atoms with Crippen LogP contribution >= 0.6 is 0 Å². The molecule has 19 heavy (non-hydrogen) atoms. The second-order valence-corrected chi connectivity index (χ2v) is 5.69. The second-order valence-electron chi connectivity index (χ2n) is 3.83. The average Bonchev–Trinajstić information content (AvgIpc) is 2.36. The standard InChI is InChI=1S/C11H16N2O5S/c1-13(19(16,17)12-7-11(14)15)8-9-4-3-5-10(6-9)18-2/h3-6,12H,7-8H2,1-2H3,(H,14,15). The highest BCUT2D eigenvalue weighted by Gasteiger charge is 2.18. The summed E-state index contributed by atoms with van der Waals surface area (Å²) in [5.74, 6) is -0.611. The Kier molecular flexibility index (Phi) is 5.28. The topological polar surface area (TPSA) is 95.9 Å². The van der Waals surface area contributed by atoms with Gasteiger partial charge in [0.15, 0.2) is 0 Å². The summed E-state index contributed by atoms with van der Waals surface area (Å²) < 4.78 is 31.5. The molecule has 1 aromatic carbocycles. The molecule has 0 amide bonds. The van der Waals surface area contributed by atoms with Crippen LogP contribution in [0.25, 0.3) is 0 Å². The molecule has 0 radical (unpaired) electrons. The molecule has 7 nitrogen and oxygen atoms in total. The number of nitrogens with zero attached hydrogens (tertiary/aromatic N) is 1. The number of hydrogen-bond donors (Lipinski definition) is 2. The summed E-state index contributed by atoms with van der Waals surface area (Å²) in [4.78, 5) is 10.3. The molecule has 0 aromatic heterocycles. The van der Waals surface area contributed by atoms with E-state index in [0.717, 1.165) is 9.87 Å². The van der Waals surface area contributed by atoms with E-state index in [4.69, 9.17) is 9.84 Å². The van der Waals surface area contributed by atoms with E-state index in [0.29, 0.717) is 5.75 Å². The van der Waals surface area contributed by atoms with Crippen molar-refractivity contribution in [1.29, 1.82) is 0 Å². The van der Waals surface area contributed by atoms with Crippen molar-refractivity contribution in [3.8, 4) is 5.75 Å². The van der Waals surface area contributed by atoms with Gasteiger partial charge in [-0.15, -0.1) is 0 Å². The Morgan fingerprint density at radius 1 is 1.47 bits per heavy atom. The minimum absolute atomic E-state index is 0.117. The lowest BCUT2D eigenvalue weighted by Gasteiger charge is -2.17. The maximum Gasteiger partial charge on any atom is 0.318 e. The first-order valence-electron chi connectivity index (χ1n) is 5.41. The van der Waals surface area contributed by atoms with Crippen LogP contribution in [0.2, 0.25) is 0 Å². The molecule has 0 saturated carbocycles. The molecule has 1 aromatic rings. The fraction of sp³-hybridized carbons (Fsp3) is 0.364. The van der Waals surface area contributed by atoms with E-state index in [1.807, 2.05) is 4.72 Å². The highest BCUT2D eigenvalue weighted by atomic mass is 32.2. The van der Waals surface area contributed by atoms with E-state index in [1.54, 1.807) is 24.3 Å². The Morgan fingerprint density at radius 3 is 2.74 bits per heavy atom. The summed E-state index contributed by atoms with van der Waals surface area (Å²) in [7, 11) is -0.925. The summed E-state index contributed by atoms with van der Waals surface area (Å²) in [6, 6.07) is 6.97. The zero-order valence-electron chi connectivity index (χ0n) is 10.7. The van der Waals surface area contributed by atoms with Gasteiger partial charge < -0.3 is 9.84 Å². The first kappa shape index (κ1) is 15.4. The lowest BCUT2D eigenvalue weighted by Crippen LogP contribution is -2.40. The quantitative estimate of drug-likeness (QED) is 0.739. The fourth-order valence-electron chi connectivity index (χ4n) is 1.38. The number of rotatable bonds is 7. The molecule has 106 valence electrons. The number of aliphatic carboxylic acids is 1. The molecule has 0 aliphatic carbocycles. The van der Waals surface area contributed by atoms with Gasteiger partial charge in [0.05, 0.1) is 7.11 Å². The summed E-state index contributed by atoms with van der Waals surface area (Å²) in [6.45, 7) is -0.531. The molecule has 0 aliphatic heterocycles. The maximum atomic E-state index is 11.7. The first-order valence-corrected chi connectivity index (χ1v) is 6.85. The number of carboxylic acid groups (broad SMARTS) is 1. The Hall–Kier alpha value is -1.64. The van der Waals surface area contributed by atoms with Crippen LogP contribution < -0.4 is 9.46 Å². The van der Waals surface area contributed by atoms with Crippen molar-refractivity contribution < 1.29 is 23.1 Å². The summed E-state index contributed by atoms with van der Waals surface area (Å²) in [5.41, 5.74) is 0.738. The predicted molar refractivity (Wildman–Crippen MR) is 69.0 cm³/mol. The average molecular weight is 288 g/mol. The number of hydrogen-bond acceptors (Lipinski definition) is 4. The van der Waals surface area contributed by atoms with Gasteiger partial charge in [0.1, 0.15) is 12.3 Å². The van der Waals surface area contributed by atoms with Crippen LogP contribution in [0.15, 0.2) is 24.3 Å². The van der Waals surface area contributed by atoms with Crippen molar-refractivity contribution in [3.05, 3.63) is 29.8 Å². The molecule has 0 unspecified atom stereocenters. The van der Waals surface area contributed by atoms with Crippen molar-refractivity contribution in [2.24, 2.45) is 0 Å². The fourth-order valence-corrected chi connectivity index (χ4v) is 2.22. The van der Waals surface area contributed by atoms with Crippen LogP contribution in [0.5, 0.6) is 5.75 Å². The van der Waals surface area contributed by atoms with Gasteiger partial charge in [0.25, 0.3) is 10.2 Å². The third kappa shape index (κ3) is 4.86. The van der Waals surface area contributed by atoms with E-state index >= 15 is 0 Å². The summed E-state index contributed by atoms with van der Waals surface area (Å²) in [6.07, 6.45) is 0. The molecule has 8 heteroatoms. The highest BCUT2D eigenvalue weighted by Crippen LogP contribution is 2.14. The zero-order valence-corrected chi connectivity index (χ0v) is 11.5. The number of carboxylic acids is 1. The lowest BCUT2D eigenvalue weighted by atomic mass is 10.2. The third-order valence-electron chi connectivity index (χ3n) is 2.36. The number of nitrogens with one attached hydrogen (secondary N) is 1. The molecular formula is C11H16N2O5S. The molecular weight excluding hydrogens is 272 g/mol. The van der Waals surface area contributed by atoms with Crippen LogP contribution in [0.1, 0.15) is 5.56 Å². The van der Waals surface area contributed by atoms with Gasteiger partial charge in [0, 0.05) is 13.6 Å². The molecule has 0 aliphatic rings. The van der Waals surface area contributed by atoms with Gasteiger partial charge in [-0.2, -0.15) is 17.4 Å². The Balaban J connectivity index is 2.72. The second kappa shape index (κ2) is 6.50. The van der Waals surface area contributed by atoms with Crippen LogP contribution in [0.3, 0.4) is 0 Å². The Morgan fingerprint density at radius 2 is 2.16 bits per heavy atom. The molecule has 0 saturated heterocycles.